The number of hydrogen-bond donors (Lipinski definition) is 0. The van der Waals surface area contributed by atoms with Gasteiger partial charge in [0.1, 0.15) is 6.33 Å². The summed E-state index contributed by atoms with van der Waals surface area (Å²) in [4.78, 5) is 23.8. The summed E-state index contributed by atoms with van der Waals surface area (Å²) in [6.07, 6.45) is 8.57. The molecule has 0 amide bonds. The first-order chi connectivity index (χ1) is 7.83. The van der Waals surface area contributed by atoms with Gasteiger partial charge in [0.2, 0.25) is 0 Å². The van der Waals surface area contributed by atoms with Gasteiger partial charge in [-0.25, -0.2) is 9.97 Å². The van der Waals surface area contributed by atoms with Crippen LogP contribution in [0.5, 0.6) is 0 Å². The standard InChI is InChI=1S/C12H11N3O/c1-2-9-5-13-4-3-11(9)12(16)10-6-14-8-15-7-10/h3-8H,2H2,1H3. The van der Waals surface area contributed by atoms with E-state index < -0.39 is 0 Å². The Morgan fingerprint density at radius 1 is 1.19 bits per heavy atom. The zero-order valence-corrected chi connectivity index (χ0v) is 8.92. The van der Waals surface area contributed by atoms with Gasteiger partial charge in [-0.15, -0.1) is 0 Å². The summed E-state index contributed by atoms with van der Waals surface area (Å²) < 4.78 is 0. The minimum atomic E-state index is -0.0557. The number of hydrogen-bond acceptors (Lipinski definition) is 4. The van der Waals surface area contributed by atoms with Gasteiger partial charge in [-0.1, -0.05) is 6.92 Å². The van der Waals surface area contributed by atoms with Crippen molar-refractivity contribution in [3.8, 4) is 0 Å². The molecular formula is C12H11N3O. The molecule has 0 N–H and O–H groups in total. The number of aromatic nitrogens is 3. The van der Waals surface area contributed by atoms with E-state index in [0.29, 0.717) is 11.1 Å². The Kier molecular flexibility index (Phi) is 3.00. The molecule has 2 heterocycles. The highest BCUT2D eigenvalue weighted by atomic mass is 16.1. The van der Waals surface area contributed by atoms with Crippen molar-refractivity contribution in [1.82, 2.24) is 15.0 Å². The monoisotopic (exact) mass is 213 g/mol. The van der Waals surface area contributed by atoms with E-state index in [1.54, 1.807) is 18.5 Å². The van der Waals surface area contributed by atoms with Gasteiger partial charge in [-0.2, -0.15) is 0 Å². The Morgan fingerprint density at radius 2 is 1.94 bits per heavy atom. The Bertz CT molecular complexity index is 497. The highest BCUT2D eigenvalue weighted by Gasteiger charge is 2.12. The molecule has 0 unspecified atom stereocenters. The minimum absolute atomic E-state index is 0.0557. The lowest BCUT2D eigenvalue weighted by Crippen LogP contribution is -2.06. The average Bonchev–Trinajstić information content (AvgIpc) is 2.39. The molecular weight excluding hydrogens is 202 g/mol. The first-order valence-electron chi connectivity index (χ1n) is 5.05. The third-order valence-corrected chi connectivity index (χ3v) is 2.35. The van der Waals surface area contributed by atoms with Gasteiger partial charge in [0.25, 0.3) is 0 Å². The SMILES string of the molecule is CCc1cnccc1C(=O)c1cncnc1. The molecule has 0 aliphatic heterocycles. The van der Waals surface area contributed by atoms with Gasteiger partial charge < -0.3 is 0 Å². The molecule has 0 aliphatic rings. The van der Waals surface area contributed by atoms with Crippen LogP contribution in [0.2, 0.25) is 0 Å². The van der Waals surface area contributed by atoms with Gasteiger partial charge in [0.05, 0.1) is 5.56 Å². The van der Waals surface area contributed by atoms with E-state index in [9.17, 15) is 4.79 Å². The quantitative estimate of drug-likeness (QED) is 0.728. The largest absolute Gasteiger partial charge is 0.288 e. The van der Waals surface area contributed by atoms with Crippen molar-refractivity contribution in [1.29, 1.82) is 0 Å². The van der Waals surface area contributed by atoms with E-state index in [-0.39, 0.29) is 5.78 Å². The number of nitrogens with zero attached hydrogens (tertiary/aromatic N) is 3. The second-order valence-electron chi connectivity index (χ2n) is 3.34. The lowest BCUT2D eigenvalue weighted by molar-refractivity contribution is 0.103. The Morgan fingerprint density at radius 3 is 2.62 bits per heavy atom. The van der Waals surface area contributed by atoms with Crippen molar-refractivity contribution in [2.75, 3.05) is 0 Å². The molecule has 0 aromatic carbocycles. The van der Waals surface area contributed by atoms with Crippen LogP contribution in [0.4, 0.5) is 0 Å². The third-order valence-electron chi connectivity index (χ3n) is 2.35. The second-order valence-corrected chi connectivity index (χ2v) is 3.34. The number of pyridine rings is 1. The Labute approximate surface area is 93.4 Å². The van der Waals surface area contributed by atoms with Crippen molar-refractivity contribution in [2.45, 2.75) is 13.3 Å². The molecule has 0 radical (unpaired) electrons. The van der Waals surface area contributed by atoms with Crippen LogP contribution in [0.3, 0.4) is 0 Å². The Hall–Kier alpha value is -2.10. The van der Waals surface area contributed by atoms with Crippen LogP contribution in [0.1, 0.15) is 28.4 Å². The van der Waals surface area contributed by atoms with Crippen LogP contribution in [0.25, 0.3) is 0 Å². The molecule has 0 atom stereocenters. The van der Waals surface area contributed by atoms with Crippen molar-refractivity contribution < 1.29 is 4.79 Å². The normalized spacial score (nSPS) is 10.1. The second kappa shape index (κ2) is 4.61. The summed E-state index contributed by atoms with van der Waals surface area (Å²) in [5, 5.41) is 0. The van der Waals surface area contributed by atoms with Crippen LogP contribution in [0, 0.1) is 0 Å². The number of aryl methyl sites for hydroxylation is 1. The molecule has 2 rings (SSSR count). The summed E-state index contributed by atoms with van der Waals surface area (Å²) in [5.74, 6) is -0.0557. The first kappa shape index (κ1) is 10.4. The van der Waals surface area contributed by atoms with E-state index in [1.165, 1.54) is 18.7 Å². The van der Waals surface area contributed by atoms with Crippen molar-refractivity contribution in [2.24, 2.45) is 0 Å². The number of carbonyl (C=O) groups excluding carboxylic acids is 1. The van der Waals surface area contributed by atoms with Gasteiger partial charge in [-0.05, 0) is 18.1 Å². The van der Waals surface area contributed by atoms with Gasteiger partial charge in [-0.3, -0.25) is 9.78 Å². The smallest absolute Gasteiger partial charge is 0.196 e. The average molecular weight is 213 g/mol. The van der Waals surface area contributed by atoms with Gasteiger partial charge in [0.15, 0.2) is 5.78 Å². The van der Waals surface area contributed by atoms with Crippen LogP contribution in [-0.4, -0.2) is 20.7 Å². The summed E-state index contributed by atoms with van der Waals surface area (Å²) >= 11 is 0. The maximum absolute atomic E-state index is 12.1. The Balaban J connectivity index is 2.42. The van der Waals surface area contributed by atoms with Crippen molar-refractivity contribution in [3.63, 3.8) is 0 Å². The summed E-state index contributed by atoms with van der Waals surface area (Å²) in [5.41, 5.74) is 2.12. The van der Waals surface area contributed by atoms with E-state index in [1.807, 2.05) is 6.92 Å². The number of carbonyl (C=O) groups is 1. The molecule has 0 fully saturated rings. The lowest BCUT2D eigenvalue weighted by Gasteiger charge is -2.04. The van der Waals surface area contributed by atoms with Gasteiger partial charge in [0, 0.05) is 30.4 Å². The van der Waals surface area contributed by atoms with E-state index >= 15 is 0 Å². The molecule has 2 aromatic heterocycles. The summed E-state index contributed by atoms with van der Waals surface area (Å²) in [6, 6.07) is 1.73. The zero-order valence-electron chi connectivity index (χ0n) is 8.92. The van der Waals surface area contributed by atoms with Crippen LogP contribution in [0.15, 0.2) is 37.2 Å². The molecule has 0 spiro atoms. The fourth-order valence-corrected chi connectivity index (χ4v) is 1.50. The molecule has 0 aliphatic carbocycles. The van der Waals surface area contributed by atoms with E-state index in [2.05, 4.69) is 15.0 Å². The first-order valence-corrected chi connectivity index (χ1v) is 5.05. The molecule has 16 heavy (non-hydrogen) atoms. The minimum Gasteiger partial charge on any atom is -0.288 e. The third kappa shape index (κ3) is 1.95. The molecule has 0 bridgehead atoms. The molecule has 0 saturated carbocycles. The fraction of sp³-hybridized carbons (Fsp3) is 0.167. The topological polar surface area (TPSA) is 55.7 Å². The maximum atomic E-state index is 12.1. The summed E-state index contributed by atoms with van der Waals surface area (Å²) in [7, 11) is 0. The highest BCUT2D eigenvalue weighted by molar-refractivity contribution is 6.09. The lowest BCUT2D eigenvalue weighted by atomic mass is 10.0. The highest BCUT2D eigenvalue weighted by Crippen LogP contribution is 2.12. The maximum Gasteiger partial charge on any atom is 0.196 e. The van der Waals surface area contributed by atoms with E-state index in [4.69, 9.17) is 0 Å². The van der Waals surface area contributed by atoms with Crippen LogP contribution in [-0.2, 0) is 6.42 Å². The fourth-order valence-electron chi connectivity index (χ4n) is 1.50. The molecule has 80 valence electrons. The van der Waals surface area contributed by atoms with Crippen molar-refractivity contribution in [3.05, 3.63) is 53.9 Å². The number of ketones is 1. The van der Waals surface area contributed by atoms with E-state index in [0.717, 1.165) is 12.0 Å². The van der Waals surface area contributed by atoms with Gasteiger partial charge >= 0.3 is 0 Å². The van der Waals surface area contributed by atoms with Crippen LogP contribution < -0.4 is 0 Å². The number of rotatable bonds is 3. The molecule has 4 nitrogen and oxygen atoms in total. The predicted molar refractivity (Wildman–Crippen MR) is 59.1 cm³/mol. The zero-order chi connectivity index (χ0) is 11.4. The molecule has 4 heteroatoms. The van der Waals surface area contributed by atoms with Crippen molar-refractivity contribution >= 4 is 5.78 Å². The van der Waals surface area contributed by atoms with Crippen LogP contribution >= 0.6 is 0 Å². The molecule has 2 aromatic rings. The summed E-state index contributed by atoms with van der Waals surface area (Å²) in [6.45, 7) is 2.00. The molecule has 0 saturated heterocycles. The predicted octanol–water partition coefficient (Wildman–Crippen LogP) is 1.66.